The molecule has 2 unspecified atom stereocenters. The van der Waals surface area contributed by atoms with Crippen LogP contribution in [0.4, 0.5) is 4.79 Å². The van der Waals surface area contributed by atoms with Crippen LogP contribution in [0.2, 0.25) is 0 Å². The molecule has 9 nitrogen and oxygen atoms in total. The summed E-state index contributed by atoms with van der Waals surface area (Å²) >= 11 is 0. The number of hydrogen-bond donors (Lipinski definition) is 3. The Hall–Kier alpha value is -4.14. The van der Waals surface area contributed by atoms with E-state index >= 15 is 0 Å². The number of carboxylic acids is 1. The van der Waals surface area contributed by atoms with Crippen molar-refractivity contribution in [2.24, 2.45) is 13.0 Å². The van der Waals surface area contributed by atoms with Gasteiger partial charge in [-0.1, -0.05) is 55.5 Å². The second-order valence-electron chi connectivity index (χ2n) is 8.54. The van der Waals surface area contributed by atoms with Crippen molar-refractivity contribution in [3.63, 3.8) is 0 Å². The van der Waals surface area contributed by atoms with E-state index in [2.05, 4.69) is 27.9 Å². The van der Waals surface area contributed by atoms with Crippen LogP contribution in [0.3, 0.4) is 0 Å². The lowest BCUT2D eigenvalue weighted by molar-refractivity contribution is -0.142. The molecule has 3 N–H and O–H groups in total. The normalized spacial score (nSPS) is 13.9. The van der Waals surface area contributed by atoms with E-state index in [0.717, 1.165) is 22.3 Å². The Kier molecular flexibility index (Phi) is 7.14. The number of aryl methyl sites for hydroxylation is 1. The number of nitrogens with zero attached hydrogens (tertiary/aromatic N) is 2. The van der Waals surface area contributed by atoms with E-state index in [1.807, 2.05) is 36.4 Å². The maximum absolute atomic E-state index is 12.7. The van der Waals surface area contributed by atoms with Gasteiger partial charge in [0.2, 0.25) is 5.91 Å². The summed E-state index contributed by atoms with van der Waals surface area (Å²) in [5.41, 5.74) is 4.88. The van der Waals surface area contributed by atoms with Gasteiger partial charge in [-0.05, 0) is 28.7 Å². The molecule has 1 heterocycles. The minimum Gasteiger partial charge on any atom is -0.479 e. The van der Waals surface area contributed by atoms with Gasteiger partial charge in [0, 0.05) is 31.3 Å². The Morgan fingerprint density at radius 3 is 2.26 bits per heavy atom. The summed E-state index contributed by atoms with van der Waals surface area (Å²) in [6.45, 7) is 1.99. The number of fused-ring (bicyclic) bond motifs is 3. The Labute approximate surface area is 203 Å². The minimum atomic E-state index is -1.22. The maximum Gasteiger partial charge on any atom is 0.407 e. The van der Waals surface area contributed by atoms with Crippen LogP contribution < -0.4 is 10.6 Å². The summed E-state index contributed by atoms with van der Waals surface area (Å²) in [4.78, 5) is 36.8. The molecule has 1 aromatic heterocycles. The lowest BCUT2D eigenvalue weighted by atomic mass is 9.98. The fourth-order valence-corrected chi connectivity index (χ4v) is 4.42. The summed E-state index contributed by atoms with van der Waals surface area (Å²) in [5.74, 6) is -2.34. The van der Waals surface area contributed by atoms with Crippen molar-refractivity contribution in [1.29, 1.82) is 0 Å². The molecule has 0 spiro atoms. The number of nitrogens with one attached hydrogen (secondary N) is 2. The number of hydrogen-bond acceptors (Lipinski definition) is 5. The van der Waals surface area contributed by atoms with Crippen LogP contribution in [0, 0.1) is 5.92 Å². The quantitative estimate of drug-likeness (QED) is 0.436. The molecule has 35 heavy (non-hydrogen) atoms. The number of aliphatic carboxylic acids is 1. The second kappa shape index (κ2) is 10.4. The monoisotopic (exact) mass is 476 g/mol. The van der Waals surface area contributed by atoms with Crippen LogP contribution in [0.1, 0.15) is 42.0 Å². The standard InChI is InChI=1S/C26H28N4O5/c1-3-16(24(31)29-23(25(32)33)17-13-28-30(2)14-17)12-27-26(34)35-15-22-20-10-6-4-8-18(20)19-9-5-7-11-21(19)22/h4-11,13-14,16,22-23H,3,12,15H2,1-2H3,(H,27,34)(H,29,31)(H,32,33). The molecular weight excluding hydrogens is 448 g/mol. The molecule has 182 valence electrons. The molecule has 0 bridgehead atoms. The molecule has 2 atom stereocenters. The predicted molar refractivity (Wildman–Crippen MR) is 129 cm³/mol. The van der Waals surface area contributed by atoms with Crippen molar-refractivity contribution in [3.05, 3.63) is 77.6 Å². The van der Waals surface area contributed by atoms with E-state index in [9.17, 15) is 19.5 Å². The molecule has 1 aliphatic carbocycles. The number of carbonyl (C=O) groups is 3. The summed E-state index contributed by atoms with van der Waals surface area (Å²) in [6, 6.07) is 14.9. The predicted octanol–water partition coefficient (Wildman–Crippen LogP) is 3.23. The Bertz CT molecular complexity index is 1190. The van der Waals surface area contributed by atoms with E-state index < -0.39 is 29.9 Å². The Morgan fingerprint density at radius 2 is 1.71 bits per heavy atom. The largest absolute Gasteiger partial charge is 0.479 e. The third-order valence-electron chi connectivity index (χ3n) is 6.29. The highest BCUT2D eigenvalue weighted by atomic mass is 16.5. The number of alkyl carbamates (subject to hydrolysis) is 1. The first-order valence-electron chi connectivity index (χ1n) is 11.5. The van der Waals surface area contributed by atoms with Crippen molar-refractivity contribution >= 4 is 18.0 Å². The number of carboxylic acid groups (broad SMARTS) is 1. The average Bonchev–Trinajstić information content (AvgIpc) is 3.42. The minimum absolute atomic E-state index is 0.0262. The van der Waals surface area contributed by atoms with Crippen molar-refractivity contribution in [2.75, 3.05) is 13.2 Å². The maximum atomic E-state index is 12.7. The van der Waals surface area contributed by atoms with Gasteiger partial charge in [0.25, 0.3) is 0 Å². The van der Waals surface area contributed by atoms with Gasteiger partial charge in [0.15, 0.2) is 6.04 Å². The fourth-order valence-electron chi connectivity index (χ4n) is 4.42. The second-order valence-corrected chi connectivity index (χ2v) is 8.54. The third-order valence-corrected chi connectivity index (χ3v) is 6.29. The third kappa shape index (κ3) is 5.18. The summed E-state index contributed by atoms with van der Waals surface area (Å²) in [5, 5.41) is 18.7. The molecule has 1 aliphatic rings. The molecule has 0 saturated carbocycles. The van der Waals surface area contributed by atoms with Gasteiger partial charge in [0.1, 0.15) is 6.61 Å². The van der Waals surface area contributed by atoms with E-state index in [0.29, 0.717) is 12.0 Å². The molecule has 0 fully saturated rings. The van der Waals surface area contributed by atoms with E-state index in [1.165, 1.54) is 17.1 Å². The van der Waals surface area contributed by atoms with Gasteiger partial charge in [-0.3, -0.25) is 9.48 Å². The molecular formula is C26H28N4O5. The Morgan fingerprint density at radius 1 is 1.09 bits per heavy atom. The number of carbonyl (C=O) groups excluding carboxylic acids is 2. The number of aromatic nitrogens is 2. The number of ether oxygens (including phenoxy) is 1. The zero-order valence-electron chi connectivity index (χ0n) is 19.6. The van der Waals surface area contributed by atoms with Crippen LogP contribution >= 0.6 is 0 Å². The molecule has 4 rings (SSSR count). The first-order valence-corrected chi connectivity index (χ1v) is 11.5. The number of rotatable bonds is 9. The van der Waals surface area contributed by atoms with Crippen LogP contribution in [-0.4, -0.2) is 46.0 Å². The zero-order chi connectivity index (χ0) is 24.9. The van der Waals surface area contributed by atoms with Crippen molar-refractivity contribution in [1.82, 2.24) is 20.4 Å². The smallest absolute Gasteiger partial charge is 0.407 e. The van der Waals surface area contributed by atoms with Crippen LogP contribution in [0.25, 0.3) is 11.1 Å². The van der Waals surface area contributed by atoms with Crippen LogP contribution in [0.15, 0.2) is 60.9 Å². The molecule has 0 aliphatic heterocycles. The zero-order valence-corrected chi connectivity index (χ0v) is 19.6. The van der Waals surface area contributed by atoms with Gasteiger partial charge >= 0.3 is 12.1 Å². The van der Waals surface area contributed by atoms with E-state index in [-0.39, 0.29) is 19.1 Å². The molecule has 3 aromatic rings. The first kappa shape index (κ1) is 24.0. The van der Waals surface area contributed by atoms with Gasteiger partial charge in [-0.25, -0.2) is 9.59 Å². The van der Waals surface area contributed by atoms with Crippen LogP contribution in [0.5, 0.6) is 0 Å². The summed E-state index contributed by atoms with van der Waals surface area (Å²) in [7, 11) is 1.66. The van der Waals surface area contributed by atoms with Crippen LogP contribution in [-0.2, 0) is 21.4 Å². The van der Waals surface area contributed by atoms with Crippen molar-refractivity contribution in [3.8, 4) is 11.1 Å². The van der Waals surface area contributed by atoms with Gasteiger partial charge in [-0.15, -0.1) is 0 Å². The number of amides is 2. The highest BCUT2D eigenvalue weighted by Crippen LogP contribution is 2.44. The SMILES string of the molecule is CCC(CNC(=O)OCC1c2ccccc2-c2ccccc21)C(=O)NC(C(=O)O)c1cnn(C)c1. The Balaban J connectivity index is 1.33. The highest BCUT2D eigenvalue weighted by molar-refractivity contribution is 5.86. The summed E-state index contributed by atoms with van der Waals surface area (Å²) < 4.78 is 6.98. The molecule has 9 heteroatoms. The van der Waals surface area contributed by atoms with Crippen molar-refractivity contribution in [2.45, 2.75) is 25.3 Å². The summed E-state index contributed by atoms with van der Waals surface area (Å²) in [6.07, 6.45) is 2.72. The van der Waals surface area contributed by atoms with Gasteiger partial charge in [0.05, 0.1) is 12.1 Å². The fraction of sp³-hybridized carbons (Fsp3) is 0.308. The van der Waals surface area contributed by atoms with Gasteiger partial charge in [-0.2, -0.15) is 5.10 Å². The topological polar surface area (TPSA) is 123 Å². The van der Waals surface area contributed by atoms with E-state index in [4.69, 9.17) is 4.74 Å². The molecule has 0 saturated heterocycles. The molecule has 2 aromatic carbocycles. The van der Waals surface area contributed by atoms with E-state index in [1.54, 1.807) is 14.0 Å². The highest BCUT2D eigenvalue weighted by Gasteiger charge is 2.30. The lowest BCUT2D eigenvalue weighted by Crippen LogP contribution is -2.42. The average molecular weight is 477 g/mol. The number of benzene rings is 2. The molecule has 0 radical (unpaired) electrons. The first-order chi connectivity index (χ1) is 16.9. The lowest BCUT2D eigenvalue weighted by Gasteiger charge is -2.19. The molecule has 2 amide bonds. The van der Waals surface area contributed by atoms with Gasteiger partial charge < -0.3 is 20.5 Å². The van der Waals surface area contributed by atoms with Crippen molar-refractivity contribution < 1.29 is 24.2 Å².